The van der Waals surface area contributed by atoms with Crippen molar-refractivity contribution in [2.75, 3.05) is 18.0 Å². The third kappa shape index (κ3) is 4.70. The van der Waals surface area contributed by atoms with Crippen molar-refractivity contribution >= 4 is 22.8 Å². The van der Waals surface area contributed by atoms with Crippen molar-refractivity contribution < 1.29 is 4.79 Å². The lowest BCUT2D eigenvalue weighted by Gasteiger charge is -2.34. The van der Waals surface area contributed by atoms with Crippen molar-refractivity contribution in [1.82, 2.24) is 24.0 Å². The molecule has 39 heavy (non-hydrogen) atoms. The van der Waals surface area contributed by atoms with Gasteiger partial charge in [0.15, 0.2) is 0 Å². The molecule has 1 amide bonds. The number of hydrogen-bond donors (Lipinski definition) is 2. The molecule has 11 heteroatoms. The molecule has 2 fully saturated rings. The molecule has 1 atom stereocenters. The third-order valence-electron chi connectivity index (χ3n) is 7.67. The van der Waals surface area contributed by atoms with Gasteiger partial charge in [-0.1, -0.05) is 5.92 Å². The first kappa shape index (κ1) is 26.3. The highest BCUT2D eigenvalue weighted by Gasteiger charge is 2.34. The Kier molecular flexibility index (Phi) is 7.27. The molecule has 4 heterocycles. The van der Waals surface area contributed by atoms with Gasteiger partial charge in [0.2, 0.25) is 0 Å². The summed E-state index contributed by atoms with van der Waals surface area (Å²) in [5.41, 5.74) is 6.54. The number of aromatic nitrogens is 4. The van der Waals surface area contributed by atoms with Gasteiger partial charge in [0.25, 0.3) is 11.5 Å². The Morgan fingerprint density at radius 2 is 2.00 bits per heavy atom. The number of nitriles is 1. The van der Waals surface area contributed by atoms with E-state index in [-0.39, 0.29) is 47.7 Å². The monoisotopic (exact) mass is 528 g/mol. The molecular formula is C28H32N8O3. The van der Waals surface area contributed by atoms with Crippen LogP contribution in [-0.4, -0.2) is 49.8 Å². The summed E-state index contributed by atoms with van der Waals surface area (Å²) >= 11 is 0. The number of hydrogen-bond acceptors (Lipinski definition) is 7. The molecule has 3 N–H and O–H groups in total. The maximum Gasteiger partial charge on any atom is 0.331 e. The van der Waals surface area contributed by atoms with E-state index in [0.29, 0.717) is 30.2 Å². The van der Waals surface area contributed by atoms with Gasteiger partial charge in [0.1, 0.15) is 23.0 Å². The van der Waals surface area contributed by atoms with Crippen molar-refractivity contribution in [2.45, 2.75) is 64.2 Å². The Balaban J connectivity index is 1.80. The van der Waals surface area contributed by atoms with E-state index in [4.69, 9.17) is 5.73 Å². The van der Waals surface area contributed by atoms with Crippen LogP contribution in [-0.2, 0) is 20.1 Å². The predicted molar refractivity (Wildman–Crippen MR) is 147 cm³/mol. The zero-order valence-corrected chi connectivity index (χ0v) is 22.2. The summed E-state index contributed by atoms with van der Waals surface area (Å²) in [6, 6.07) is 5.27. The maximum atomic E-state index is 14.1. The normalized spacial score (nSPS) is 17.3. The first-order valence-electron chi connectivity index (χ1n) is 13.3. The molecule has 11 nitrogen and oxygen atoms in total. The summed E-state index contributed by atoms with van der Waals surface area (Å²) in [5.74, 6) is 6.17. The molecule has 1 saturated carbocycles. The number of rotatable bonds is 6. The van der Waals surface area contributed by atoms with Crippen molar-refractivity contribution in [1.29, 1.82) is 5.26 Å². The second-order valence-electron chi connectivity index (χ2n) is 10.2. The topological polar surface area (TPSA) is 144 Å². The van der Waals surface area contributed by atoms with Gasteiger partial charge in [0, 0.05) is 38.4 Å². The fourth-order valence-electron chi connectivity index (χ4n) is 5.45. The van der Waals surface area contributed by atoms with Crippen LogP contribution >= 0.6 is 0 Å². The van der Waals surface area contributed by atoms with E-state index in [1.54, 1.807) is 30.7 Å². The van der Waals surface area contributed by atoms with Gasteiger partial charge in [-0.05, 0) is 51.2 Å². The lowest BCUT2D eigenvalue weighted by molar-refractivity contribution is 0.0918. The van der Waals surface area contributed by atoms with E-state index in [2.05, 4.69) is 28.2 Å². The molecular weight excluding hydrogens is 496 g/mol. The molecule has 3 aromatic rings. The maximum absolute atomic E-state index is 14.1. The quantitative estimate of drug-likeness (QED) is 0.455. The highest BCUT2D eigenvalue weighted by Crippen LogP contribution is 2.33. The molecule has 1 saturated heterocycles. The molecule has 0 radical (unpaired) electrons. The summed E-state index contributed by atoms with van der Waals surface area (Å²) in [5, 5.41) is 12.6. The number of nitrogens with two attached hydrogens (primary N) is 1. The minimum absolute atomic E-state index is 0.0637. The molecule has 1 aliphatic heterocycles. The average molecular weight is 529 g/mol. The minimum atomic E-state index is -0.597. The summed E-state index contributed by atoms with van der Waals surface area (Å²) in [6.45, 7) is 2.87. The van der Waals surface area contributed by atoms with E-state index in [1.807, 2.05) is 4.90 Å². The summed E-state index contributed by atoms with van der Waals surface area (Å²) in [7, 11) is 1.56. The number of piperidine rings is 1. The van der Waals surface area contributed by atoms with Crippen LogP contribution in [0.3, 0.4) is 0 Å². The zero-order valence-electron chi connectivity index (χ0n) is 22.2. The van der Waals surface area contributed by atoms with Crippen LogP contribution in [0.5, 0.6) is 0 Å². The van der Waals surface area contributed by atoms with Crippen LogP contribution in [0.25, 0.3) is 11.0 Å². The Morgan fingerprint density at radius 3 is 2.67 bits per heavy atom. The van der Waals surface area contributed by atoms with Crippen LogP contribution in [0.2, 0.25) is 0 Å². The smallest absolute Gasteiger partial charge is 0.331 e. The number of anilines is 1. The first-order valence-corrected chi connectivity index (χ1v) is 13.3. The summed E-state index contributed by atoms with van der Waals surface area (Å²) < 4.78 is 4.17. The second-order valence-corrected chi connectivity index (χ2v) is 10.2. The van der Waals surface area contributed by atoms with Crippen molar-refractivity contribution in [3.63, 3.8) is 0 Å². The Morgan fingerprint density at radius 1 is 1.21 bits per heavy atom. The van der Waals surface area contributed by atoms with E-state index < -0.39 is 11.2 Å². The molecule has 0 unspecified atom stereocenters. The molecule has 3 aromatic heterocycles. The molecule has 0 aromatic carbocycles. The van der Waals surface area contributed by atoms with Gasteiger partial charge in [-0.3, -0.25) is 23.7 Å². The molecule has 0 spiro atoms. The minimum Gasteiger partial charge on any atom is -0.356 e. The number of nitrogens with zero attached hydrogens (tertiary/aromatic N) is 6. The standard InChI is InChI=1S/C28H32N8O3/c1-3-4-14-35-24-23(33(2)28(39)36(27(24)38)17-21-18(15-29)8-6-12-31-21)22(25(37)32-20-10-5-11-20)26(35)34-13-7-9-19(30)16-34/h6,8,12,19-20H,5,7,9-11,13-14,16-17,30H2,1-2H3,(H,32,37)/t19-/m1/s1. The van der Waals surface area contributed by atoms with Crippen LogP contribution < -0.4 is 27.2 Å². The van der Waals surface area contributed by atoms with Gasteiger partial charge >= 0.3 is 5.69 Å². The predicted octanol–water partition coefficient (Wildman–Crippen LogP) is 1.05. The van der Waals surface area contributed by atoms with Crippen molar-refractivity contribution in [2.24, 2.45) is 12.8 Å². The van der Waals surface area contributed by atoms with Crippen molar-refractivity contribution in [3.8, 4) is 17.9 Å². The third-order valence-corrected chi connectivity index (χ3v) is 7.67. The SMILES string of the molecule is CC#CCn1c(N2CCC[C@@H](N)C2)c(C(=O)NC2CCC2)c2c1c(=O)n(Cc1ncccc1C#N)c(=O)n2C. The Bertz CT molecular complexity index is 1660. The van der Waals surface area contributed by atoms with E-state index in [1.165, 1.54) is 10.8 Å². The van der Waals surface area contributed by atoms with Gasteiger partial charge in [-0.2, -0.15) is 5.26 Å². The lowest BCUT2D eigenvalue weighted by atomic mass is 9.93. The number of fused-ring (bicyclic) bond motifs is 1. The average Bonchev–Trinajstić information content (AvgIpc) is 3.26. The van der Waals surface area contributed by atoms with Crippen LogP contribution in [0, 0.1) is 23.2 Å². The Labute approximate surface area is 225 Å². The number of carbonyl (C=O) groups is 1. The van der Waals surface area contributed by atoms with Crippen LogP contribution in [0.15, 0.2) is 27.9 Å². The number of carbonyl (C=O) groups excluding carboxylic acids is 1. The summed E-state index contributed by atoms with van der Waals surface area (Å²) in [4.78, 5) is 47.9. The van der Waals surface area contributed by atoms with Gasteiger partial charge in [0.05, 0.1) is 29.9 Å². The molecule has 202 valence electrons. The molecule has 2 aliphatic rings. The van der Waals surface area contributed by atoms with E-state index in [0.717, 1.165) is 36.7 Å². The van der Waals surface area contributed by atoms with Crippen LogP contribution in [0.1, 0.15) is 60.6 Å². The second kappa shape index (κ2) is 10.8. The van der Waals surface area contributed by atoms with E-state index in [9.17, 15) is 19.6 Å². The largest absolute Gasteiger partial charge is 0.356 e. The number of pyridine rings is 1. The van der Waals surface area contributed by atoms with E-state index >= 15 is 0 Å². The number of amides is 1. The van der Waals surface area contributed by atoms with Gasteiger partial charge in [-0.25, -0.2) is 4.79 Å². The Hall–Kier alpha value is -4.35. The highest BCUT2D eigenvalue weighted by atomic mass is 16.2. The van der Waals surface area contributed by atoms with Crippen LogP contribution in [0.4, 0.5) is 5.82 Å². The number of aryl methyl sites for hydroxylation is 1. The molecule has 5 rings (SSSR count). The molecule has 1 aliphatic carbocycles. The fraction of sp³-hybridized carbons (Fsp3) is 0.464. The zero-order chi connectivity index (χ0) is 27.7. The van der Waals surface area contributed by atoms with Gasteiger partial charge in [-0.15, -0.1) is 5.92 Å². The highest BCUT2D eigenvalue weighted by molar-refractivity contribution is 6.11. The molecule has 0 bridgehead atoms. The first-order chi connectivity index (χ1) is 18.8. The van der Waals surface area contributed by atoms with Crippen molar-refractivity contribution in [3.05, 3.63) is 56.0 Å². The summed E-state index contributed by atoms with van der Waals surface area (Å²) in [6.07, 6.45) is 6.06. The number of nitrogens with one attached hydrogen (secondary N) is 1. The van der Waals surface area contributed by atoms with Gasteiger partial charge < -0.3 is 20.5 Å². The lowest BCUT2D eigenvalue weighted by Crippen LogP contribution is -2.45. The fourth-order valence-corrected chi connectivity index (χ4v) is 5.45.